The number of ether oxygens (including phenoxy) is 2. The molecule has 1 saturated heterocycles. The van der Waals surface area contributed by atoms with Crippen molar-refractivity contribution < 1.29 is 23.9 Å². The van der Waals surface area contributed by atoms with Crippen LogP contribution in [-0.4, -0.2) is 47.5 Å². The van der Waals surface area contributed by atoms with Crippen LogP contribution < -0.4 is 0 Å². The minimum atomic E-state index is -0.723. The number of benzene rings is 2. The van der Waals surface area contributed by atoms with Gasteiger partial charge in [-0.05, 0) is 79.5 Å². The van der Waals surface area contributed by atoms with Crippen molar-refractivity contribution in [3.05, 3.63) is 57.7 Å². The summed E-state index contributed by atoms with van der Waals surface area (Å²) < 4.78 is 11.7. The highest BCUT2D eigenvalue weighted by Gasteiger charge is 2.37. The maximum absolute atomic E-state index is 12.7. The zero-order valence-electron chi connectivity index (χ0n) is 17.9. The third-order valence-corrected chi connectivity index (χ3v) is 5.81. The number of hydrogen-bond acceptors (Lipinski definition) is 5. The summed E-state index contributed by atoms with van der Waals surface area (Å²) in [5.74, 6) is -0.866. The molecule has 2 aromatic rings. The highest BCUT2D eigenvalue weighted by atomic mass is 127. The van der Waals surface area contributed by atoms with E-state index in [4.69, 9.17) is 9.47 Å². The summed E-state index contributed by atoms with van der Waals surface area (Å²) in [4.78, 5) is 39.0. The molecule has 0 radical (unpaired) electrons. The van der Waals surface area contributed by atoms with E-state index in [1.54, 1.807) is 26.8 Å². The van der Waals surface area contributed by atoms with E-state index in [0.29, 0.717) is 24.9 Å². The van der Waals surface area contributed by atoms with Gasteiger partial charge in [-0.1, -0.05) is 36.4 Å². The Kier molecular flexibility index (Phi) is 7.35. The van der Waals surface area contributed by atoms with Crippen molar-refractivity contribution in [2.75, 3.05) is 13.2 Å². The van der Waals surface area contributed by atoms with E-state index in [1.165, 1.54) is 4.90 Å². The average Bonchev–Trinajstić information content (AvgIpc) is 3.22. The van der Waals surface area contributed by atoms with Crippen LogP contribution in [0.15, 0.2) is 48.5 Å². The first-order chi connectivity index (χ1) is 14.7. The highest BCUT2D eigenvalue weighted by molar-refractivity contribution is 14.1. The molecule has 0 spiro atoms. The number of ketones is 1. The Morgan fingerprint density at radius 2 is 1.81 bits per heavy atom. The van der Waals surface area contributed by atoms with Gasteiger partial charge in [-0.25, -0.2) is 9.59 Å². The van der Waals surface area contributed by atoms with E-state index in [9.17, 15) is 14.4 Å². The normalized spacial score (nSPS) is 16.1. The van der Waals surface area contributed by atoms with Gasteiger partial charge in [0.1, 0.15) is 11.6 Å². The molecular weight excluding hydrogens is 509 g/mol. The fourth-order valence-corrected chi connectivity index (χ4v) is 4.05. The second-order valence-corrected chi connectivity index (χ2v) is 9.59. The summed E-state index contributed by atoms with van der Waals surface area (Å²) >= 11 is 2.23. The summed E-state index contributed by atoms with van der Waals surface area (Å²) in [6.07, 6.45) is 0.641. The predicted molar refractivity (Wildman–Crippen MR) is 126 cm³/mol. The molecule has 0 aliphatic carbocycles. The SMILES string of the molecule is CC(C)(C)OC(=O)N1CCC[C@H]1C(=O)OCC(=O)c1ccc(I)c(-c2ccccc2)c1. The molecule has 0 saturated carbocycles. The standard InChI is InChI=1S/C24H26INO5/c1-24(2,3)31-23(29)26-13-7-10-20(26)22(28)30-15-21(27)17-11-12-19(25)18(14-17)16-8-5-4-6-9-16/h4-6,8-9,11-12,14,20H,7,10,13,15H2,1-3H3/t20-/m0/s1. The zero-order valence-corrected chi connectivity index (χ0v) is 20.0. The fraction of sp³-hybridized carbons (Fsp3) is 0.375. The van der Waals surface area contributed by atoms with E-state index < -0.39 is 23.7 Å². The van der Waals surface area contributed by atoms with Crippen molar-refractivity contribution >= 4 is 40.4 Å². The molecule has 3 rings (SSSR count). The first kappa shape index (κ1) is 23.2. The van der Waals surface area contributed by atoms with Gasteiger partial charge in [0, 0.05) is 15.7 Å². The van der Waals surface area contributed by atoms with E-state index in [2.05, 4.69) is 22.6 Å². The molecule has 0 aromatic heterocycles. The van der Waals surface area contributed by atoms with Crippen molar-refractivity contribution in [2.45, 2.75) is 45.3 Å². The Bertz CT molecular complexity index is 968. The van der Waals surface area contributed by atoms with E-state index in [-0.39, 0.29) is 12.4 Å². The number of carbonyl (C=O) groups is 3. The van der Waals surface area contributed by atoms with E-state index in [0.717, 1.165) is 14.7 Å². The van der Waals surface area contributed by atoms with E-state index >= 15 is 0 Å². The Hall–Kier alpha value is -2.42. The van der Waals surface area contributed by atoms with Gasteiger partial charge in [-0.15, -0.1) is 0 Å². The quantitative estimate of drug-likeness (QED) is 0.303. The molecule has 1 aliphatic rings. The molecule has 2 aromatic carbocycles. The van der Waals surface area contributed by atoms with Crippen LogP contribution in [0.5, 0.6) is 0 Å². The average molecular weight is 535 g/mol. The molecule has 6 nitrogen and oxygen atoms in total. The van der Waals surface area contributed by atoms with Crippen LogP contribution in [0.3, 0.4) is 0 Å². The minimum absolute atomic E-state index is 0.288. The van der Waals surface area contributed by atoms with Crippen molar-refractivity contribution in [2.24, 2.45) is 0 Å². The van der Waals surface area contributed by atoms with Crippen LogP contribution in [0, 0.1) is 3.57 Å². The number of rotatable bonds is 5. The summed E-state index contributed by atoms with van der Waals surface area (Å²) in [6.45, 7) is 5.39. The lowest BCUT2D eigenvalue weighted by Crippen LogP contribution is -2.44. The number of carbonyl (C=O) groups excluding carboxylic acids is 3. The summed E-state index contributed by atoms with van der Waals surface area (Å²) in [6, 6.07) is 14.5. The highest BCUT2D eigenvalue weighted by Crippen LogP contribution is 2.27. The van der Waals surface area contributed by atoms with Gasteiger partial charge < -0.3 is 9.47 Å². The van der Waals surface area contributed by atoms with Crippen LogP contribution in [0.2, 0.25) is 0 Å². The van der Waals surface area contributed by atoms with Gasteiger partial charge in [0.15, 0.2) is 12.4 Å². The molecule has 164 valence electrons. The number of halogens is 1. The Morgan fingerprint density at radius 1 is 1.10 bits per heavy atom. The number of esters is 1. The molecule has 31 heavy (non-hydrogen) atoms. The van der Waals surface area contributed by atoms with Crippen molar-refractivity contribution in [3.63, 3.8) is 0 Å². The zero-order chi connectivity index (χ0) is 22.6. The van der Waals surface area contributed by atoms with Crippen molar-refractivity contribution in [1.29, 1.82) is 0 Å². The van der Waals surface area contributed by atoms with Gasteiger partial charge in [0.25, 0.3) is 0 Å². The first-order valence-corrected chi connectivity index (χ1v) is 11.3. The second-order valence-electron chi connectivity index (χ2n) is 8.42. The fourth-order valence-electron chi connectivity index (χ4n) is 3.40. The van der Waals surface area contributed by atoms with Gasteiger partial charge in [-0.3, -0.25) is 9.69 Å². The topological polar surface area (TPSA) is 72.9 Å². The number of nitrogens with zero attached hydrogens (tertiary/aromatic N) is 1. The van der Waals surface area contributed by atoms with Crippen LogP contribution in [0.25, 0.3) is 11.1 Å². The monoisotopic (exact) mass is 535 g/mol. The number of hydrogen-bond donors (Lipinski definition) is 0. The summed E-state index contributed by atoms with van der Waals surface area (Å²) in [5.41, 5.74) is 1.79. The molecule has 0 unspecified atom stereocenters. The second kappa shape index (κ2) is 9.80. The van der Waals surface area contributed by atoms with Crippen molar-refractivity contribution in [3.8, 4) is 11.1 Å². The third-order valence-electron chi connectivity index (χ3n) is 4.87. The molecule has 1 amide bonds. The lowest BCUT2D eigenvalue weighted by atomic mass is 10.0. The Balaban J connectivity index is 1.64. The van der Waals surface area contributed by atoms with Gasteiger partial charge in [0.05, 0.1) is 0 Å². The van der Waals surface area contributed by atoms with Gasteiger partial charge in [-0.2, -0.15) is 0 Å². The van der Waals surface area contributed by atoms with Crippen LogP contribution in [0.4, 0.5) is 4.79 Å². The molecular formula is C24H26INO5. The lowest BCUT2D eigenvalue weighted by molar-refractivity contribution is -0.147. The van der Waals surface area contributed by atoms with Crippen LogP contribution in [0.1, 0.15) is 44.0 Å². The number of Topliss-reactive ketones (excluding diaryl/α,β-unsaturated/α-hetero) is 1. The first-order valence-electron chi connectivity index (χ1n) is 10.2. The van der Waals surface area contributed by atoms with E-state index in [1.807, 2.05) is 42.5 Å². The maximum atomic E-state index is 12.7. The van der Waals surface area contributed by atoms with Gasteiger partial charge >= 0.3 is 12.1 Å². The third kappa shape index (κ3) is 6.06. The molecule has 7 heteroatoms. The molecule has 1 aliphatic heterocycles. The van der Waals surface area contributed by atoms with Crippen molar-refractivity contribution in [1.82, 2.24) is 4.90 Å². The minimum Gasteiger partial charge on any atom is -0.456 e. The Morgan fingerprint density at radius 3 is 2.48 bits per heavy atom. The van der Waals surface area contributed by atoms with Gasteiger partial charge in [0.2, 0.25) is 0 Å². The molecule has 1 fully saturated rings. The summed E-state index contributed by atoms with van der Waals surface area (Å²) in [7, 11) is 0. The summed E-state index contributed by atoms with van der Waals surface area (Å²) in [5, 5.41) is 0. The molecule has 1 heterocycles. The molecule has 1 atom stereocenters. The van der Waals surface area contributed by atoms with Crippen LogP contribution >= 0.6 is 22.6 Å². The number of likely N-dealkylation sites (tertiary alicyclic amines) is 1. The number of amides is 1. The van der Waals surface area contributed by atoms with Crippen LogP contribution in [-0.2, 0) is 14.3 Å². The smallest absolute Gasteiger partial charge is 0.411 e. The predicted octanol–water partition coefficient (Wildman–Crippen LogP) is 5.08. The molecule has 0 bridgehead atoms. The molecule has 0 N–H and O–H groups in total. The maximum Gasteiger partial charge on any atom is 0.411 e. The Labute approximate surface area is 196 Å². The largest absolute Gasteiger partial charge is 0.456 e. The lowest BCUT2D eigenvalue weighted by Gasteiger charge is -2.27.